The fourth-order valence-electron chi connectivity index (χ4n) is 5.88. The van der Waals surface area contributed by atoms with E-state index in [1.807, 2.05) is 11.8 Å². The van der Waals surface area contributed by atoms with Crippen molar-refractivity contribution in [2.75, 3.05) is 7.11 Å². The Morgan fingerprint density at radius 3 is 1.51 bits per heavy atom. The maximum atomic E-state index is 5.50. The molecule has 0 heterocycles. The first-order valence-corrected chi connectivity index (χ1v) is 15.7. The van der Waals surface area contributed by atoms with Crippen molar-refractivity contribution in [2.24, 2.45) is 0 Å². The second-order valence-corrected chi connectivity index (χ2v) is 12.0. The lowest BCUT2D eigenvalue weighted by Crippen LogP contribution is -2.25. The van der Waals surface area contributed by atoms with E-state index in [-0.39, 0.29) is 34.5 Å². The molecule has 5 rings (SSSR count). The molecule has 240 valence electrons. The molecule has 5 aromatic rings. The van der Waals surface area contributed by atoms with Gasteiger partial charge in [-0.05, 0) is 70.2 Å². The number of thioether (sulfide) groups is 1. The summed E-state index contributed by atoms with van der Waals surface area (Å²) < 4.78 is 5.15. The number of hydrogen-bond donors (Lipinski definition) is 0. The monoisotopic (exact) mass is 620 g/mol. The van der Waals surface area contributed by atoms with E-state index in [1.165, 1.54) is 33.4 Å². The molecule has 2 atom stereocenters. The second kappa shape index (κ2) is 18.9. The molecule has 0 saturated heterocycles. The molecular weight excluding hydrogens is 565 g/mol. The minimum Gasteiger partial charge on any atom is -0.497 e. The van der Waals surface area contributed by atoms with Gasteiger partial charge in [-0.2, -0.15) is 0 Å². The lowest BCUT2D eigenvalue weighted by Gasteiger charge is -2.35. The van der Waals surface area contributed by atoms with Crippen LogP contribution in [0.5, 0.6) is 5.75 Å². The summed E-state index contributed by atoms with van der Waals surface area (Å²) in [4.78, 5) is 0. The summed E-state index contributed by atoms with van der Waals surface area (Å²) in [6, 6.07) is 50.7. The highest BCUT2D eigenvalue weighted by Crippen LogP contribution is 2.50. The van der Waals surface area contributed by atoms with Crippen molar-refractivity contribution in [3.05, 3.63) is 173 Å². The summed E-state index contributed by atoms with van der Waals surface area (Å²) in [5, 5.41) is 0. The lowest BCUT2D eigenvalue weighted by atomic mass is 9.84. The highest BCUT2D eigenvalue weighted by Gasteiger charge is 2.37. The number of rotatable bonds is 12. The van der Waals surface area contributed by atoms with Gasteiger partial charge in [0.25, 0.3) is 0 Å². The summed E-state index contributed by atoms with van der Waals surface area (Å²) in [7, 11) is 1.72. The molecule has 0 spiro atoms. The molecule has 45 heavy (non-hydrogen) atoms. The molecule has 0 N–H and O–H groups in total. The summed E-state index contributed by atoms with van der Waals surface area (Å²) in [6.07, 6.45) is 2.33. The highest BCUT2D eigenvalue weighted by atomic mass is 32.2. The molecule has 0 bridgehead atoms. The van der Waals surface area contributed by atoms with Gasteiger partial charge in [-0.3, -0.25) is 0 Å². The highest BCUT2D eigenvalue weighted by molar-refractivity contribution is 7.99. The first-order valence-electron chi connectivity index (χ1n) is 14.7. The van der Waals surface area contributed by atoms with Gasteiger partial charge in [0.05, 0.1) is 11.9 Å². The Kier molecular flexibility index (Phi) is 16.5. The van der Waals surface area contributed by atoms with Crippen LogP contribution >= 0.6 is 11.8 Å². The summed E-state index contributed by atoms with van der Waals surface area (Å²) >= 11 is 1.98. The molecule has 0 fully saturated rings. The normalized spacial score (nSPS) is 11.8. The van der Waals surface area contributed by atoms with Gasteiger partial charge >= 0.3 is 0 Å². The molecule has 0 aromatic heterocycles. The van der Waals surface area contributed by atoms with Gasteiger partial charge in [0, 0.05) is 5.75 Å². The quantitative estimate of drug-likeness (QED) is 0.128. The maximum Gasteiger partial charge on any atom is 0.118 e. The van der Waals surface area contributed by atoms with Crippen LogP contribution in [-0.2, 0) is 10.5 Å². The molecule has 0 radical (unpaired) electrons. The number of methoxy groups -OCH3 is 1. The zero-order valence-electron chi connectivity index (χ0n) is 24.4. The molecule has 0 saturated carbocycles. The van der Waals surface area contributed by atoms with Crippen molar-refractivity contribution in [3.63, 3.8) is 0 Å². The smallest absolute Gasteiger partial charge is 0.118 e. The summed E-state index contributed by atoms with van der Waals surface area (Å²) in [5.41, 5.74) is 8.01. The average molecular weight is 621 g/mol. The van der Waals surface area contributed by atoms with Crippen molar-refractivity contribution in [1.82, 2.24) is 0 Å². The van der Waals surface area contributed by atoms with Crippen LogP contribution in [0.2, 0.25) is 0 Å². The van der Waals surface area contributed by atoms with E-state index in [4.69, 9.17) is 4.74 Å². The van der Waals surface area contributed by atoms with Gasteiger partial charge in [0.2, 0.25) is 0 Å². The zero-order valence-corrected chi connectivity index (χ0v) is 25.2. The van der Waals surface area contributed by atoms with E-state index >= 15 is 0 Å². The van der Waals surface area contributed by atoms with E-state index in [0.717, 1.165) is 24.3 Å². The van der Waals surface area contributed by atoms with Crippen molar-refractivity contribution < 1.29 is 4.74 Å². The van der Waals surface area contributed by atoms with E-state index in [2.05, 4.69) is 153 Å². The standard InChI is InChI=1S/C39H40OS.4CH4/c1-4-32(34-14-8-5-9-15-34)28-30(2)33-22-20-31(21-23-33)29-41-39(35-16-10-6-11-17-35,36-18-12-7-13-19-36)37-24-26-38(40-3)27-25-37;;;;/h5-27,30,32H,4,28-29H2,1-3H3;4*1H4. The second-order valence-electron chi connectivity index (χ2n) is 10.8. The van der Waals surface area contributed by atoms with Gasteiger partial charge in [0.15, 0.2) is 0 Å². The Morgan fingerprint density at radius 1 is 0.578 bits per heavy atom. The first kappa shape index (κ1) is 39.3. The Labute approximate surface area is 280 Å². The van der Waals surface area contributed by atoms with E-state index < -0.39 is 0 Å². The minimum absolute atomic E-state index is 0. The van der Waals surface area contributed by atoms with Crippen molar-refractivity contribution in [2.45, 2.75) is 78.7 Å². The van der Waals surface area contributed by atoms with Crippen LogP contribution in [-0.4, -0.2) is 7.11 Å². The van der Waals surface area contributed by atoms with Crippen LogP contribution in [0.3, 0.4) is 0 Å². The molecule has 1 nitrogen and oxygen atoms in total. The van der Waals surface area contributed by atoms with Crippen molar-refractivity contribution >= 4 is 11.8 Å². The molecule has 5 aromatic carbocycles. The topological polar surface area (TPSA) is 9.23 Å². The zero-order chi connectivity index (χ0) is 28.5. The predicted molar refractivity (Wildman–Crippen MR) is 203 cm³/mol. The first-order chi connectivity index (χ1) is 20.1. The molecule has 0 aliphatic heterocycles. The predicted octanol–water partition coefficient (Wildman–Crippen LogP) is 13.2. The molecule has 0 aliphatic rings. The van der Waals surface area contributed by atoms with Crippen LogP contribution in [0.1, 0.15) is 102 Å². The molecule has 0 aliphatic carbocycles. The van der Waals surface area contributed by atoms with Crippen LogP contribution < -0.4 is 4.74 Å². The molecule has 2 unspecified atom stereocenters. The van der Waals surface area contributed by atoms with Crippen LogP contribution in [0.25, 0.3) is 0 Å². The summed E-state index contributed by atoms with van der Waals surface area (Å²) in [5.74, 6) is 2.86. The Balaban J connectivity index is 0.00000253. The van der Waals surface area contributed by atoms with E-state index in [9.17, 15) is 0 Å². The molecule has 2 heteroatoms. The third kappa shape index (κ3) is 9.14. The van der Waals surface area contributed by atoms with Gasteiger partial charge in [-0.25, -0.2) is 0 Å². The maximum absolute atomic E-state index is 5.50. The largest absolute Gasteiger partial charge is 0.497 e. The lowest BCUT2D eigenvalue weighted by molar-refractivity contribution is 0.414. The Bertz CT molecular complexity index is 1420. The van der Waals surface area contributed by atoms with Gasteiger partial charge in [0.1, 0.15) is 5.75 Å². The van der Waals surface area contributed by atoms with Crippen LogP contribution in [0.15, 0.2) is 140 Å². The van der Waals surface area contributed by atoms with Crippen molar-refractivity contribution in [3.8, 4) is 5.75 Å². The Morgan fingerprint density at radius 2 is 1.04 bits per heavy atom. The SMILES string of the molecule is C.C.C.C.CCC(CC(C)c1ccc(CSC(c2ccccc2)(c2ccccc2)c2ccc(OC)cc2)cc1)c1ccccc1. The van der Waals surface area contributed by atoms with Crippen LogP contribution in [0, 0.1) is 0 Å². The van der Waals surface area contributed by atoms with E-state index in [0.29, 0.717) is 11.8 Å². The number of benzene rings is 5. The van der Waals surface area contributed by atoms with Crippen LogP contribution in [0.4, 0.5) is 0 Å². The minimum atomic E-state index is -0.356. The van der Waals surface area contributed by atoms with Crippen molar-refractivity contribution in [1.29, 1.82) is 0 Å². The summed E-state index contributed by atoms with van der Waals surface area (Å²) in [6.45, 7) is 4.67. The fraction of sp³-hybridized carbons (Fsp3) is 0.302. The number of hydrogen-bond acceptors (Lipinski definition) is 2. The third-order valence-corrected chi connectivity index (χ3v) is 9.88. The molecular formula is C43H56OS. The van der Waals surface area contributed by atoms with E-state index in [1.54, 1.807) is 7.11 Å². The van der Waals surface area contributed by atoms with Gasteiger partial charge < -0.3 is 4.74 Å². The molecule has 0 amide bonds. The third-order valence-electron chi connectivity index (χ3n) is 8.26. The van der Waals surface area contributed by atoms with Gasteiger partial charge in [-0.1, -0.05) is 171 Å². The van der Waals surface area contributed by atoms with Gasteiger partial charge in [-0.15, -0.1) is 11.8 Å². The fourth-order valence-corrected chi connectivity index (χ4v) is 7.37. The Hall–Kier alpha value is -3.75. The number of ether oxygens (including phenoxy) is 1. The average Bonchev–Trinajstić information content (AvgIpc) is 3.06.